The summed E-state index contributed by atoms with van der Waals surface area (Å²) in [5.41, 5.74) is 2.09. The number of benzene rings is 1. The number of sulfonamides is 1. The molecule has 2 aromatic rings. The van der Waals surface area contributed by atoms with E-state index in [1.54, 1.807) is 36.7 Å². The first-order valence-electron chi connectivity index (χ1n) is 8.37. The van der Waals surface area contributed by atoms with Crippen molar-refractivity contribution in [2.24, 2.45) is 16.8 Å². The number of rotatable bonds is 5. The van der Waals surface area contributed by atoms with Gasteiger partial charge in [-0.25, -0.2) is 13.4 Å². The Hall–Kier alpha value is -3.13. The number of aliphatic imine (C=N–C) groups is 1. The van der Waals surface area contributed by atoms with Gasteiger partial charge in [0.15, 0.2) is 5.76 Å². The van der Waals surface area contributed by atoms with E-state index in [1.807, 2.05) is 12.3 Å². The lowest BCUT2D eigenvalue weighted by atomic mass is 9.85. The summed E-state index contributed by atoms with van der Waals surface area (Å²) in [6, 6.07) is 7.21. The molecule has 7 nitrogen and oxygen atoms in total. The van der Waals surface area contributed by atoms with Gasteiger partial charge in [-0.15, -0.1) is 0 Å². The van der Waals surface area contributed by atoms with Crippen molar-refractivity contribution in [3.63, 3.8) is 0 Å². The Morgan fingerprint density at radius 3 is 2.85 bits per heavy atom. The zero-order valence-electron chi connectivity index (χ0n) is 14.5. The number of nitrogens with one attached hydrogen (secondary N) is 2. The summed E-state index contributed by atoms with van der Waals surface area (Å²) in [4.78, 5) is 8.42. The molecule has 1 aliphatic heterocycles. The minimum absolute atomic E-state index is 0.266. The van der Waals surface area contributed by atoms with E-state index in [1.165, 1.54) is 0 Å². The highest BCUT2D eigenvalue weighted by molar-refractivity contribution is 7.92. The Bertz CT molecular complexity index is 1080. The van der Waals surface area contributed by atoms with Crippen molar-refractivity contribution in [2.45, 2.75) is 0 Å². The highest BCUT2D eigenvalue weighted by atomic mass is 32.2. The van der Waals surface area contributed by atoms with Crippen LogP contribution in [-0.4, -0.2) is 25.9 Å². The van der Waals surface area contributed by atoms with E-state index in [0.717, 1.165) is 11.8 Å². The molecule has 138 valence electrons. The first-order chi connectivity index (χ1) is 13.0. The fourth-order valence-corrected chi connectivity index (χ4v) is 3.53. The maximum Gasteiger partial charge on any atom is 0.299 e. The molecule has 1 aliphatic carbocycles. The molecule has 1 aromatic carbocycles. The van der Waals surface area contributed by atoms with Crippen LogP contribution in [0.25, 0.3) is 5.57 Å². The Morgan fingerprint density at radius 1 is 1.15 bits per heavy atom. The predicted octanol–water partition coefficient (Wildman–Crippen LogP) is 3.57. The molecular weight excluding hydrogens is 364 g/mol. The van der Waals surface area contributed by atoms with Crippen LogP contribution in [0.15, 0.2) is 70.4 Å². The van der Waals surface area contributed by atoms with E-state index < -0.39 is 10.0 Å². The molecule has 2 aliphatic rings. The molecule has 0 spiro atoms. The van der Waals surface area contributed by atoms with Crippen LogP contribution in [0.1, 0.15) is 5.76 Å². The molecule has 2 unspecified atom stereocenters. The summed E-state index contributed by atoms with van der Waals surface area (Å²) in [5, 5.41) is 3.05. The zero-order valence-corrected chi connectivity index (χ0v) is 15.3. The SMILES string of the molecule is CS(=O)(=O)Nc1cccc(Nc2ncc(C3=CC4C=CN=CC4C=C3)o2)c1. The van der Waals surface area contributed by atoms with Crippen molar-refractivity contribution in [2.75, 3.05) is 16.3 Å². The molecule has 8 heteroatoms. The topological polar surface area (TPSA) is 96.6 Å². The largest absolute Gasteiger partial charge is 0.423 e. The third-order valence-electron chi connectivity index (χ3n) is 4.17. The molecule has 0 saturated carbocycles. The van der Waals surface area contributed by atoms with Crippen LogP contribution >= 0.6 is 0 Å². The Labute approximate surface area is 157 Å². The van der Waals surface area contributed by atoms with Crippen molar-refractivity contribution in [3.8, 4) is 0 Å². The highest BCUT2D eigenvalue weighted by Gasteiger charge is 2.21. The van der Waals surface area contributed by atoms with Gasteiger partial charge in [0.1, 0.15) is 0 Å². The molecule has 4 rings (SSSR count). The van der Waals surface area contributed by atoms with Gasteiger partial charge in [0.05, 0.1) is 18.1 Å². The Balaban J connectivity index is 1.50. The minimum atomic E-state index is -3.33. The second-order valence-corrected chi connectivity index (χ2v) is 8.13. The van der Waals surface area contributed by atoms with Crippen LogP contribution in [-0.2, 0) is 10.0 Å². The summed E-state index contributed by atoms with van der Waals surface area (Å²) >= 11 is 0. The molecule has 2 atom stereocenters. The normalized spacial score (nSPS) is 20.9. The predicted molar refractivity (Wildman–Crippen MR) is 106 cm³/mol. The van der Waals surface area contributed by atoms with Crippen molar-refractivity contribution in [3.05, 3.63) is 66.7 Å². The molecule has 2 heterocycles. The number of allylic oxidation sites excluding steroid dienone is 5. The van der Waals surface area contributed by atoms with Crippen LogP contribution in [0.3, 0.4) is 0 Å². The Kier molecular flexibility index (Phi) is 4.41. The molecule has 2 N–H and O–H groups in total. The van der Waals surface area contributed by atoms with Crippen molar-refractivity contribution in [1.82, 2.24) is 4.98 Å². The summed E-state index contributed by atoms with van der Waals surface area (Å²) < 4.78 is 31.0. The van der Waals surface area contributed by atoms with Gasteiger partial charge in [-0.3, -0.25) is 9.71 Å². The second-order valence-electron chi connectivity index (χ2n) is 6.39. The average Bonchev–Trinajstić information content (AvgIpc) is 3.08. The molecule has 1 aromatic heterocycles. The first kappa shape index (κ1) is 17.3. The van der Waals surface area contributed by atoms with Gasteiger partial charge in [-0.2, -0.15) is 0 Å². The molecule has 0 bridgehead atoms. The quantitative estimate of drug-likeness (QED) is 0.824. The number of fused-ring (bicyclic) bond motifs is 1. The van der Waals surface area contributed by atoms with Gasteiger partial charge in [-0.1, -0.05) is 30.4 Å². The van der Waals surface area contributed by atoms with Crippen molar-refractivity contribution >= 4 is 39.2 Å². The van der Waals surface area contributed by atoms with Crippen molar-refractivity contribution in [1.29, 1.82) is 0 Å². The monoisotopic (exact) mass is 382 g/mol. The number of nitrogens with zero attached hydrogens (tertiary/aromatic N) is 2. The van der Waals surface area contributed by atoms with Gasteiger partial charge in [-0.05, 0) is 18.2 Å². The molecule has 0 saturated heterocycles. The van der Waals surface area contributed by atoms with Gasteiger partial charge in [0.25, 0.3) is 6.01 Å². The Morgan fingerprint density at radius 2 is 2.00 bits per heavy atom. The van der Waals surface area contributed by atoms with Crippen LogP contribution < -0.4 is 10.0 Å². The lowest BCUT2D eigenvalue weighted by Gasteiger charge is -2.21. The lowest BCUT2D eigenvalue weighted by molar-refractivity contribution is 0.563. The highest BCUT2D eigenvalue weighted by Crippen LogP contribution is 2.31. The van der Waals surface area contributed by atoms with E-state index >= 15 is 0 Å². The van der Waals surface area contributed by atoms with Gasteiger partial charge in [0.2, 0.25) is 10.0 Å². The first-order valence-corrected chi connectivity index (χ1v) is 10.3. The van der Waals surface area contributed by atoms with Crippen LogP contribution in [0.2, 0.25) is 0 Å². The number of hydrogen-bond donors (Lipinski definition) is 2. The molecular formula is C19H18N4O3S. The van der Waals surface area contributed by atoms with E-state index in [9.17, 15) is 8.42 Å². The maximum atomic E-state index is 11.4. The van der Waals surface area contributed by atoms with Gasteiger partial charge in [0, 0.05) is 35.5 Å². The lowest BCUT2D eigenvalue weighted by Crippen LogP contribution is -2.15. The van der Waals surface area contributed by atoms with E-state index in [2.05, 4.69) is 38.2 Å². The third-order valence-corrected chi connectivity index (χ3v) is 4.78. The summed E-state index contributed by atoms with van der Waals surface area (Å²) in [7, 11) is -3.33. The standard InChI is InChI=1S/C19H18N4O3S/c1-27(24,25)23-17-4-2-3-16(10-17)22-19-21-12-18(26-19)14-5-6-15-11-20-8-7-13(15)9-14/h2-13,15,23H,1H3,(H,21,22). The van der Waals surface area contributed by atoms with Crippen molar-refractivity contribution < 1.29 is 12.8 Å². The smallest absolute Gasteiger partial charge is 0.299 e. The van der Waals surface area contributed by atoms with Crippen LogP contribution in [0, 0.1) is 11.8 Å². The number of hydrogen-bond acceptors (Lipinski definition) is 6. The second kappa shape index (κ2) is 6.88. The minimum Gasteiger partial charge on any atom is -0.423 e. The third kappa shape index (κ3) is 4.17. The van der Waals surface area contributed by atoms with E-state index in [4.69, 9.17) is 4.42 Å². The molecule has 27 heavy (non-hydrogen) atoms. The maximum absolute atomic E-state index is 11.4. The summed E-state index contributed by atoms with van der Waals surface area (Å²) in [6.07, 6.45) is 14.8. The zero-order chi connectivity index (χ0) is 18.9. The average molecular weight is 382 g/mol. The number of oxazole rings is 1. The fourth-order valence-electron chi connectivity index (χ4n) is 2.98. The van der Waals surface area contributed by atoms with E-state index in [-0.39, 0.29) is 11.8 Å². The number of anilines is 3. The molecule has 0 amide bonds. The van der Waals surface area contributed by atoms with Crippen LogP contribution in [0.4, 0.5) is 17.4 Å². The fraction of sp³-hybridized carbons (Fsp3) is 0.158. The van der Waals surface area contributed by atoms with E-state index in [0.29, 0.717) is 23.1 Å². The summed E-state index contributed by atoms with van der Waals surface area (Å²) in [5.74, 6) is 1.21. The molecule has 0 radical (unpaired) electrons. The molecule has 0 fully saturated rings. The number of aromatic nitrogens is 1. The van der Waals surface area contributed by atoms with Crippen LogP contribution in [0.5, 0.6) is 0 Å². The van der Waals surface area contributed by atoms with Gasteiger partial charge >= 0.3 is 0 Å². The summed E-state index contributed by atoms with van der Waals surface area (Å²) in [6.45, 7) is 0. The van der Waals surface area contributed by atoms with Gasteiger partial charge < -0.3 is 9.73 Å².